The second kappa shape index (κ2) is 6.06. The zero-order chi connectivity index (χ0) is 13.0. The zero-order valence-electron chi connectivity index (χ0n) is 10.3. The van der Waals surface area contributed by atoms with Crippen LogP contribution in [0.3, 0.4) is 0 Å². The van der Waals surface area contributed by atoms with Crippen LogP contribution in [0.15, 0.2) is 34.6 Å². The van der Waals surface area contributed by atoms with Crippen molar-refractivity contribution in [3.05, 3.63) is 35.7 Å². The lowest BCUT2D eigenvalue weighted by atomic mass is 10.3. The maximum absolute atomic E-state index is 5.73. The highest BCUT2D eigenvalue weighted by Gasteiger charge is 2.04. The number of pyridine rings is 1. The number of nitrogens with two attached hydrogens (primary N) is 1. The number of aryl methyl sites for hydroxylation is 1. The first kappa shape index (κ1) is 13.2. The van der Waals surface area contributed by atoms with Gasteiger partial charge in [0.2, 0.25) is 0 Å². The van der Waals surface area contributed by atoms with Crippen LogP contribution < -0.4 is 5.73 Å². The van der Waals surface area contributed by atoms with Gasteiger partial charge in [0.05, 0.1) is 5.69 Å². The standard InChI is InChI=1S/C12H14N4S2/c1-8-3-4-9(14-6-8)7-18-12-15-10(13)5-11(16-12)17-2/h3-6H,7H2,1-2H3,(H2,13,15,16). The van der Waals surface area contributed by atoms with Crippen molar-refractivity contribution in [1.29, 1.82) is 0 Å². The van der Waals surface area contributed by atoms with Crippen molar-refractivity contribution < 1.29 is 0 Å². The van der Waals surface area contributed by atoms with E-state index in [1.807, 2.05) is 25.4 Å². The molecule has 6 heteroatoms. The summed E-state index contributed by atoms with van der Waals surface area (Å²) in [7, 11) is 0. The molecule has 0 saturated carbocycles. The van der Waals surface area contributed by atoms with Gasteiger partial charge in [0.15, 0.2) is 5.16 Å². The SMILES string of the molecule is CSc1cc(N)nc(SCc2ccc(C)cn2)n1. The Morgan fingerprint density at radius 3 is 2.78 bits per heavy atom. The van der Waals surface area contributed by atoms with Gasteiger partial charge < -0.3 is 5.73 Å². The Morgan fingerprint density at radius 1 is 1.28 bits per heavy atom. The first-order valence-electron chi connectivity index (χ1n) is 5.40. The fourth-order valence-electron chi connectivity index (χ4n) is 1.31. The molecule has 0 spiro atoms. The second-order valence-corrected chi connectivity index (χ2v) is 5.50. The zero-order valence-corrected chi connectivity index (χ0v) is 11.9. The molecule has 0 aromatic carbocycles. The van der Waals surface area contributed by atoms with Gasteiger partial charge in [-0.15, -0.1) is 11.8 Å². The van der Waals surface area contributed by atoms with Gasteiger partial charge in [0.25, 0.3) is 0 Å². The molecule has 18 heavy (non-hydrogen) atoms. The van der Waals surface area contributed by atoms with E-state index >= 15 is 0 Å². The Balaban J connectivity index is 2.05. The van der Waals surface area contributed by atoms with E-state index in [9.17, 15) is 0 Å². The van der Waals surface area contributed by atoms with Crippen molar-refractivity contribution in [2.45, 2.75) is 22.9 Å². The summed E-state index contributed by atoms with van der Waals surface area (Å²) in [6.45, 7) is 2.02. The molecule has 4 nitrogen and oxygen atoms in total. The third-order valence-electron chi connectivity index (χ3n) is 2.23. The van der Waals surface area contributed by atoms with Gasteiger partial charge in [-0.05, 0) is 24.8 Å². The number of rotatable bonds is 4. The molecule has 0 bridgehead atoms. The van der Waals surface area contributed by atoms with Crippen molar-refractivity contribution in [2.24, 2.45) is 0 Å². The van der Waals surface area contributed by atoms with Crippen molar-refractivity contribution in [1.82, 2.24) is 15.0 Å². The average molecular weight is 278 g/mol. The van der Waals surface area contributed by atoms with Crippen LogP contribution in [0.1, 0.15) is 11.3 Å². The molecule has 2 rings (SSSR count). The second-order valence-electron chi connectivity index (χ2n) is 3.73. The van der Waals surface area contributed by atoms with Gasteiger partial charge in [-0.25, -0.2) is 9.97 Å². The molecule has 94 valence electrons. The molecule has 0 unspecified atom stereocenters. The fraction of sp³-hybridized carbons (Fsp3) is 0.250. The van der Waals surface area contributed by atoms with Crippen molar-refractivity contribution in [3.8, 4) is 0 Å². The minimum Gasteiger partial charge on any atom is -0.384 e. The van der Waals surface area contributed by atoms with E-state index in [4.69, 9.17) is 5.73 Å². The molecule has 2 N–H and O–H groups in total. The predicted molar refractivity (Wildman–Crippen MR) is 76.8 cm³/mol. The molecule has 0 saturated heterocycles. The first-order valence-corrected chi connectivity index (χ1v) is 7.61. The Kier molecular flexibility index (Phi) is 4.43. The molecule has 0 aliphatic carbocycles. The van der Waals surface area contributed by atoms with Crippen LogP contribution in [0, 0.1) is 6.92 Å². The Bertz CT molecular complexity index is 528. The quantitative estimate of drug-likeness (QED) is 0.527. The number of anilines is 1. The van der Waals surface area contributed by atoms with E-state index in [0.29, 0.717) is 11.0 Å². The van der Waals surface area contributed by atoms with Crippen LogP contribution in [0.25, 0.3) is 0 Å². The van der Waals surface area contributed by atoms with E-state index in [-0.39, 0.29) is 0 Å². The molecule has 0 amide bonds. The monoisotopic (exact) mass is 278 g/mol. The first-order chi connectivity index (χ1) is 8.67. The number of nitrogen functional groups attached to an aromatic ring is 1. The molecular formula is C12H14N4S2. The van der Waals surface area contributed by atoms with Gasteiger partial charge in [-0.3, -0.25) is 4.98 Å². The van der Waals surface area contributed by atoms with E-state index in [2.05, 4.69) is 21.0 Å². The summed E-state index contributed by atoms with van der Waals surface area (Å²) < 4.78 is 0. The number of nitrogens with zero attached hydrogens (tertiary/aromatic N) is 3. The normalized spacial score (nSPS) is 10.6. The highest BCUT2D eigenvalue weighted by Crippen LogP contribution is 2.22. The highest BCUT2D eigenvalue weighted by atomic mass is 32.2. The third kappa shape index (κ3) is 3.61. The number of aromatic nitrogens is 3. The minimum absolute atomic E-state index is 0.508. The van der Waals surface area contributed by atoms with Gasteiger partial charge in [-0.1, -0.05) is 17.8 Å². The smallest absolute Gasteiger partial charge is 0.190 e. The topological polar surface area (TPSA) is 64.7 Å². The van der Waals surface area contributed by atoms with Crippen LogP contribution in [-0.4, -0.2) is 21.2 Å². The van der Waals surface area contributed by atoms with Crippen LogP contribution >= 0.6 is 23.5 Å². The summed E-state index contributed by atoms with van der Waals surface area (Å²) in [5, 5.41) is 1.59. The van der Waals surface area contributed by atoms with E-state index in [0.717, 1.165) is 22.0 Å². The summed E-state index contributed by atoms with van der Waals surface area (Å²) in [4.78, 5) is 12.9. The summed E-state index contributed by atoms with van der Waals surface area (Å²) in [5.74, 6) is 1.26. The van der Waals surface area contributed by atoms with Gasteiger partial charge >= 0.3 is 0 Å². The minimum atomic E-state index is 0.508. The molecular weight excluding hydrogens is 264 g/mol. The van der Waals surface area contributed by atoms with Gasteiger partial charge in [0, 0.05) is 18.0 Å². The molecule has 2 heterocycles. The number of thioether (sulfide) groups is 2. The number of hydrogen-bond donors (Lipinski definition) is 1. The summed E-state index contributed by atoms with van der Waals surface area (Å²) in [6.07, 6.45) is 3.83. The Morgan fingerprint density at radius 2 is 2.11 bits per heavy atom. The van der Waals surface area contributed by atoms with Crippen LogP contribution in [0.5, 0.6) is 0 Å². The molecule has 0 atom stereocenters. The van der Waals surface area contributed by atoms with Gasteiger partial charge in [-0.2, -0.15) is 0 Å². The maximum atomic E-state index is 5.73. The highest BCUT2D eigenvalue weighted by molar-refractivity contribution is 7.99. The van der Waals surface area contributed by atoms with E-state index in [1.54, 1.807) is 29.6 Å². The van der Waals surface area contributed by atoms with Crippen molar-refractivity contribution in [3.63, 3.8) is 0 Å². The van der Waals surface area contributed by atoms with Gasteiger partial charge in [0.1, 0.15) is 10.8 Å². The van der Waals surface area contributed by atoms with Crippen LogP contribution in [-0.2, 0) is 5.75 Å². The summed E-state index contributed by atoms with van der Waals surface area (Å²) in [5.41, 5.74) is 7.91. The predicted octanol–water partition coefficient (Wildman–Crippen LogP) is 2.78. The third-order valence-corrected chi connectivity index (χ3v) is 3.74. The lowest BCUT2D eigenvalue weighted by molar-refractivity contribution is 0.899. The fourth-order valence-corrected chi connectivity index (χ4v) is 2.57. The summed E-state index contributed by atoms with van der Waals surface area (Å²) in [6, 6.07) is 5.85. The molecule has 0 aliphatic rings. The van der Waals surface area contributed by atoms with Crippen LogP contribution in [0.4, 0.5) is 5.82 Å². The Hall–Kier alpha value is -1.27. The molecule has 2 aromatic rings. The van der Waals surface area contributed by atoms with E-state index in [1.165, 1.54) is 0 Å². The largest absolute Gasteiger partial charge is 0.384 e. The van der Waals surface area contributed by atoms with E-state index < -0.39 is 0 Å². The maximum Gasteiger partial charge on any atom is 0.190 e. The van der Waals surface area contributed by atoms with Crippen LogP contribution in [0.2, 0.25) is 0 Å². The van der Waals surface area contributed by atoms with Crippen molar-refractivity contribution in [2.75, 3.05) is 12.0 Å². The summed E-state index contributed by atoms with van der Waals surface area (Å²) >= 11 is 3.11. The molecule has 0 radical (unpaired) electrons. The average Bonchev–Trinajstić information content (AvgIpc) is 2.37. The van der Waals surface area contributed by atoms with Crippen molar-refractivity contribution >= 4 is 29.3 Å². The molecule has 0 fully saturated rings. The number of hydrogen-bond acceptors (Lipinski definition) is 6. The lowest BCUT2D eigenvalue weighted by Crippen LogP contribution is -1.96. The Labute approximate surface area is 115 Å². The lowest BCUT2D eigenvalue weighted by Gasteiger charge is -2.03. The molecule has 0 aliphatic heterocycles. The molecule has 2 aromatic heterocycles.